The minimum Gasteiger partial charge on any atom is -0.465 e. The zero-order chi connectivity index (χ0) is 13.8. The van der Waals surface area contributed by atoms with Crippen molar-refractivity contribution in [2.24, 2.45) is 0 Å². The highest BCUT2D eigenvalue weighted by molar-refractivity contribution is 6.30. The Labute approximate surface area is 116 Å². The van der Waals surface area contributed by atoms with Gasteiger partial charge in [0.25, 0.3) is 0 Å². The van der Waals surface area contributed by atoms with E-state index < -0.39 is 12.1 Å². The molecule has 2 aromatic rings. The van der Waals surface area contributed by atoms with E-state index in [1.165, 1.54) is 7.11 Å². The number of rotatable bonds is 3. The number of hydrogen-bond donors (Lipinski definition) is 1. The van der Waals surface area contributed by atoms with Crippen LogP contribution in [-0.4, -0.2) is 18.2 Å². The number of benzene rings is 2. The summed E-state index contributed by atoms with van der Waals surface area (Å²) in [5.41, 5.74) is 1.75. The zero-order valence-corrected chi connectivity index (χ0v) is 11.1. The summed E-state index contributed by atoms with van der Waals surface area (Å²) in [6.07, 6.45) is -0.804. The average molecular weight is 277 g/mol. The van der Waals surface area contributed by atoms with Crippen LogP contribution in [0.2, 0.25) is 5.02 Å². The SMILES string of the molecule is COC(=O)c1cccc([C@H](O)c2ccc(Cl)cc2)c1. The van der Waals surface area contributed by atoms with Crippen LogP contribution in [0, 0.1) is 0 Å². The molecule has 0 saturated carbocycles. The van der Waals surface area contributed by atoms with Crippen molar-refractivity contribution in [2.75, 3.05) is 7.11 Å². The van der Waals surface area contributed by atoms with Crippen LogP contribution >= 0.6 is 11.6 Å². The fourth-order valence-corrected chi connectivity index (χ4v) is 1.92. The van der Waals surface area contributed by atoms with E-state index in [1.54, 1.807) is 48.5 Å². The summed E-state index contributed by atoms with van der Waals surface area (Å²) in [4.78, 5) is 11.4. The van der Waals surface area contributed by atoms with Crippen molar-refractivity contribution in [2.45, 2.75) is 6.10 Å². The number of carbonyl (C=O) groups excluding carboxylic acids is 1. The summed E-state index contributed by atoms with van der Waals surface area (Å²) in [5.74, 6) is -0.426. The van der Waals surface area contributed by atoms with Gasteiger partial charge in [0.2, 0.25) is 0 Å². The lowest BCUT2D eigenvalue weighted by Gasteiger charge is -2.12. The molecule has 0 fully saturated rings. The Hall–Kier alpha value is -1.84. The number of carbonyl (C=O) groups is 1. The van der Waals surface area contributed by atoms with Crippen LogP contribution < -0.4 is 0 Å². The number of ether oxygens (including phenoxy) is 1. The Morgan fingerprint density at radius 1 is 1.16 bits per heavy atom. The van der Waals surface area contributed by atoms with Gasteiger partial charge in [-0.3, -0.25) is 0 Å². The monoisotopic (exact) mass is 276 g/mol. The molecule has 0 radical (unpaired) electrons. The lowest BCUT2D eigenvalue weighted by Crippen LogP contribution is -2.04. The number of esters is 1. The highest BCUT2D eigenvalue weighted by Gasteiger charge is 2.13. The maximum absolute atomic E-state index is 11.4. The maximum atomic E-state index is 11.4. The summed E-state index contributed by atoms with van der Waals surface area (Å²) in [5, 5.41) is 10.9. The molecule has 2 rings (SSSR count). The number of methoxy groups -OCH3 is 1. The van der Waals surface area contributed by atoms with Crippen molar-refractivity contribution in [1.29, 1.82) is 0 Å². The quantitative estimate of drug-likeness (QED) is 0.876. The molecule has 0 aliphatic rings. The minimum absolute atomic E-state index is 0.410. The summed E-state index contributed by atoms with van der Waals surface area (Å²) < 4.78 is 4.65. The molecule has 98 valence electrons. The molecule has 1 N–H and O–H groups in total. The first-order valence-corrected chi connectivity index (χ1v) is 6.11. The second-order valence-electron chi connectivity index (χ2n) is 4.07. The summed E-state index contributed by atoms with van der Waals surface area (Å²) >= 11 is 5.81. The molecule has 0 saturated heterocycles. The van der Waals surface area contributed by atoms with Gasteiger partial charge in [0.15, 0.2) is 0 Å². The molecule has 19 heavy (non-hydrogen) atoms. The van der Waals surface area contributed by atoms with E-state index in [4.69, 9.17) is 11.6 Å². The predicted molar refractivity (Wildman–Crippen MR) is 73.3 cm³/mol. The average Bonchev–Trinajstić information content (AvgIpc) is 2.46. The standard InChI is InChI=1S/C15H13ClO3/c1-19-15(18)12-4-2-3-11(9-12)14(17)10-5-7-13(16)8-6-10/h2-9,14,17H,1H3/t14-/m1/s1. The van der Waals surface area contributed by atoms with Crippen molar-refractivity contribution in [3.8, 4) is 0 Å². The maximum Gasteiger partial charge on any atom is 0.337 e. The number of aliphatic hydroxyl groups excluding tert-OH is 1. The van der Waals surface area contributed by atoms with Gasteiger partial charge in [-0.25, -0.2) is 4.79 Å². The molecule has 1 atom stereocenters. The topological polar surface area (TPSA) is 46.5 Å². The molecular weight excluding hydrogens is 264 g/mol. The fourth-order valence-electron chi connectivity index (χ4n) is 1.79. The molecular formula is C15H13ClO3. The van der Waals surface area contributed by atoms with Crippen LogP contribution in [0.15, 0.2) is 48.5 Å². The summed E-state index contributed by atoms with van der Waals surface area (Å²) in [6, 6.07) is 13.6. The first-order chi connectivity index (χ1) is 9.11. The van der Waals surface area contributed by atoms with Crippen LogP contribution in [0.1, 0.15) is 27.6 Å². The largest absolute Gasteiger partial charge is 0.465 e. The highest BCUT2D eigenvalue weighted by Crippen LogP contribution is 2.24. The fraction of sp³-hybridized carbons (Fsp3) is 0.133. The minimum atomic E-state index is -0.804. The number of hydrogen-bond acceptors (Lipinski definition) is 3. The first-order valence-electron chi connectivity index (χ1n) is 5.73. The summed E-state index contributed by atoms with van der Waals surface area (Å²) in [7, 11) is 1.32. The third kappa shape index (κ3) is 3.13. The van der Waals surface area contributed by atoms with Gasteiger partial charge in [-0.2, -0.15) is 0 Å². The van der Waals surface area contributed by atoms with Crippen LogP contribution in [-0.2, 0) is 4.74 Å². The molecule has 2 aromatic carbocycles. The summed E-state index contributed by atoms with van der Waals surface area (Å²) in [6.45, 7) is 0. The first kappa shape index (κ1) is 13.6. The Morgan fingerprint density at radius 2 is 1.84 bits per heavy atom. The van der Waals surface area contributed by atoms with Gasteiger partial charge >= 0.3 is 5.97 Å². The van der Waals surface area contributed by atoms with E-state index in [1.807, 2.05) is 0 Å². The van der Waals surface area contributed by atoms with Crippen LogP contribution in [0.3, 0.4) is 0 Å². The van der Waals surface area contributed by atoms with Crippen molar-refractivity contribution in [1.82, 2.24) is 0 Å². The molecule has 0 aromatic heterocycles. The second kappa shape index (κ2) is 5.87. The van der Waals surface area contributed by atoms with Gasteiger partial charge in [0.1, 0.15) is 6.10 Å². The van der Waals surface area contributed by atoms with Gasteiger partial charge < -0.3 is 9.84 Å². The normalized spacial score (nSPS) is 11.9. The third-order valence-corrected chi connectivity index (χ3v) is 3.06. The van der Waals surface area contributed by atoms with Crippen LogP contribution in [0.25, 0.3) is 0 Å². The number of aliphatic hydroxyl groups is 1. The van der Waals surface area contributed by atoms with Gasteiger partial charge in [-0.1, -0.05) is 35.9 Å². The Morgan fingerprint density at radius 3 is 2.47 bits per heavy atom. The van der Waals surface area contributed by atoms with Crippen LogP contribution in [0.4, 0.5) is 0 Å². The third-order valence-electron chi connectivity index (χ3n) is 2.81. The molecule has 3 nitrogen and oxygen atoms in total. The van der Waals surface area contributed by atoms with Crippen molar-refractivity contribution >= 4 is 17.6 Å². The van der Waals surface area contributed by atoms with Gasteiger partial charge in [-0.15, -0.1) is 0 Å². The zero-order valence-electron chi connectivity index (χ0n) is 10.3. The molecule has 0 heterocycles. The highest BCUT2D eigenvalue weighted by atomic mass is 35.5. The van der Waals surface area contributed by atoms with E-state index in [0.717, 1.165) is 0 Å². The van der Waals surface area contributed by atoms with Crippen molar-refractivity contribution in [3.63, 3.8) is 0 Å². The Balaban J connectivity index is 2.31. The van der Waals surface area contributed by atoms with E-state index in [9.17, 15) is 9.90 Å². The smallest absolute Gasteiger partial charge is 0.337 e. The van der Waals surface area contributed by atoms with E-state index in [-0.39, 0.29) is 0 Å². The van der Waals surface area contributed by atoms with Crippen molar-refractivity contribution < 1.29 is 14.6 Å². The second-order valence-corrected chi connectivity index (χ2v) is 4.51. The molecule has 4 heteroatoms. The lowest BCUT2D eigenvalue weighted by molar-refractivity contribution is 0.0600. The molecule has 0 aliphatic carbocycles. The van der Waals surface area contributed by atoms with Gasteiger partial charge in [0, 0.05) is 5.02 Å². The van der Waals surface area contributed by atoms with Gasteiger partial charge in [0.05, 0.1) is 12.7 Å². The van der Waals surface area contributed by atoms with E-state index in [2.05, 4.69) is 4.74 Å². The lowest BCUT2D eigenvalue weighted by atomic mass is 10.00. The van der Waals surface area contributed by atoms with Gasteiger partial charge in [-0.05, 0) is 35.4 Å². The predicted octanol–water partition coefficient (Wildman–Crippen LogP) is 3.21. The molecule has 0 unspecified atom stereocenters. The van der Waals surface area contributed by atoms with Crippen molar-refractivity contribution in [3.05, 3.63) is 70.2 Å². The Kier molecular flexibility index (Phi) is 4.20. The van der Waals surface area contributed by atoms with E-state index in [0.29, 0.717) is 21.7 Å². The molecule has 0 spiro atoms. The molecule has 0 bridgehead atoms. The van der Waals surface area contributed by atoms with E-state index >= 15 is 0 Å². The number of halogens is 1. The Bertz CT molecular complexity index is 578. The molecule has 0 amide bonds. The molecule has 0 aliphatic heterocycles. The van der Waals surface area contributed by atoms with Crippen LogP contribution in [0.5, 0.6) is 0 Å².